The Kier molecular flexibility index (Phi) is 2.65. The SMILES string of the molecule is O=C(O)C1c2cc(O)ccc2NC2CCCCC21. The predicted octanol–water partition coefficient (Wildman–Crippen LogP) is 2.54. The number of aromatic hydroxyl groups is 1. The zero-order chi connectivity index (χ0) is 12.7. The molecule has 3 rings (SSSR count). The first-order chi connectivity index (χ1) is 8.66. The van der Waals surface area contributed by atoms with E-state index in [0.29, 0.717) is 0 Å². The molecule has 4 heteroatoms. The molecule has 0 amide bonds. The highest BCUT2D eigenvalue weighted by atomic mass is 16.4. The number of anilines is 1. The molecule has 1 fully saturated rings. The summed E-state index contributed by atoms with van der Waals surface area (Å²) in [4.78, 5) is 11.6. The van der Waals surface area contributed by atoms with E-state index in [2.05, 4.69) is 5.32 Å². The van der Waals surface area contributed by atoms with E-state index in [1.807, 2.05) is 0 Å². The summed E-state index contributed by atoms with van der Waals surface area (Å²) < 4.78 is 0. The Hall–Kier alpha value is -1.71. The lowest BCUT2D eigenvalue weighted by Gasteiger charge is -2.41. The summed E-state index contributed by atoms with van der Waals surface area (Å²) in [5, 5.41) is 22.5. The van der Waals surface area contributed by atoms with Crippen LogP contribution in [-0.4, -0.2) is 22.2 Å². The lowest BCUT2D eigenvalue weighted by atomic mass is 9.71. The maximum absolute atomic E-state index is 11.6. The van der Waals surface area contributed by atoms with Gasteiger partial charge in [0.05, 0.1) is 5.92 Å². The van der Waals surface area contributed by atoms with E-state index in [1.165, 1.54) is 0 Å². The van der Waals surface area contributed by atoms with E-state index in [9.17, 15) is 15.0 Å². The van der Waals surface area contributed by atoms with Crippen LogP contribution in [0.25, 0.3) is 0 Å². The Morgan fingerprint density at radius 1 is 1.28 bits per heavy atom. The number of rotatable bonds is 1. The number of carboxylic acids is 1. The number of aliphatic carboxylic acids is 1. The quantitative estimate of drug-likeness (QED) is 0.667. The van der Waals surface area contributed by atoms with Crippen molar-refractivity contribution in [3.63, 3.8) is 0 Å². The van der Waals surface area contributed by atoms with Crippen LogP contribution in [0.1, 0.15) is 37.2 Å². The molecule has 0 spiro atoms. The Balaban J connectivity index is 2.07. The number of carbonyl (C=O) groups is 1. The second-order valence-electron chi connectivity index (χ2n) is 5.29. The topological polar surface area (TPSA) is 69.6 Å². The number of benzene rings is 1. The zero-order valence-corrected chi connectivity index (χ0v) is 10.1. The number of hydrogen-bond donors (Lipinski definition) is 3. The Morgan fingerprint density at radius 3 is 2.83 bits per heavy atom. The molecule has 0 radical (unpaired) electrons. The summed E-state index contributed by atoms with van der Waals surface area (Å²) in [5.41, 5.74) is 1.59. The van der Waals surface area contributed by atoms with Crippen LogP contribution in [0.2, 0.25) is 0 Å². The fourth-order valence-corrected chi connectivity index (χ4v) is 3.42. The van der Waals surface area contributed by atoms with Crippen molar-refractivity contribution in [3.8, 4) is 5.75 Å². The summed E-state index contributed by atoms with van der Waals surface area (Å²) in [5.74, 6) is -0.986. The fourth-order valence-electron chi connectivity index (χ4n) is 3.42. The van der Waals surface area contributed by atoms with E-state index >= 15 is 0 Å². The molecule has 1 aromatic rings. The van der Waals surface area contributed by atoms with Crippen LogP contribution in [-0.2, 0) is 4.79 Å². The number of hydrogen-bond acceptors (Lipinski definition) is 3. The van der Waals surface area contributed by atoms with E-state index in [0.717, 1.165) is 36.9 Å². The van der Waals surface area contributed by atoms with Gasteiger partial charge in [0, 0.05) is 11.7 Å². The lowest BCUT2D eigenvalue weighted by Crippen LogP contribution is -2.42. The minimum Gasteiger partial charge on any atom is -0.508 e. The highest BCUT2D eigenvalue weighted by Crippen LogP contribution is 2.45. The molecule has 0 aromatic heterocycles. The van der Waals surface area contributed by atoms with Gasteiger partial charge in [0.2, 0.25) is 0 Å². The number of fused-ring (bicyclic) bond motifs is 2. The first-order valence-electron chi connectivity index (χ1n) is 6.49. The van der Waals surface area contributed by atoms with Crippen molar-refractivity contribution in [3.05, 3.63) is 23.8 Å². The molecular formula is C14H17NO3. The van der Waals surface area contributed by atoms with Gasteiger partial charge in [-0.2, -0.15) is 0 Å². The smallest absolute Gasteiger partial charge is 0.311 e. The summed E-state index contributed by atoms with van der Waals surface area (Å²) in [7, 11) is 0. The number of nitrogens with one attached hydrogen (secondary N) is 1. The van der Waals surface area contributed by atoms with Gasteiger partial charge in [0.15, 0.2) is 0 Å². The van der Waals surface area contributed by atoms with Gasteiger partial charge in [-0.15, -0.1) is 0 Å². The fraction of sp³-hybridized carbons (Fsp3) is 0.500. The van der Waals surface area contributed by atoms with Crippen molar-refractivity contribution in [1.29, 1.82) is 0 Å². The standard InChI is InChI=1S/C14H17NO3/c16-8-5-6-12-10(7-8)13(14(17)18)9-3-1-2-4-11(9)15-12/h5-7,9,11,13,15-16H,1-4H2,(H,17,18). The monoisotopic (exact) mass is 247 g/mol. The number of carboxylic acid groups (broad SMARTS) is 1. The van der Waals surface area contributed by atoms with Crippen molar-refractivity contribution >= 4 is 11.7 Å². The molecule has 1 heterocycles. The maximum Gasteiger partial charge on any atom is 0.311 e. The van der Waals surface area contributed by atoms with Crippen LogP contribution in [0.15, 0.2) is 18.2 Å². The van der Waals surface area contributed by atoms with Crippen LogP contribution >= 0.6 is 0 Å². The van der Waals surface area contributed by atoms with Gasteiger partial charge in [-0.1, -0.05) is 12.8 Å². The average molecular weight is 247 g/mol. The van der Waals surface area contributed by atoms with Gasteiger partial charge in [-0.25, -0.2) is 0 Å². The molecular weight excluding hydrogens is 230 g/mol. The zero-order valence-electron chi connectivity index (χ0n) is 10.1. The van der Waals surface area contributed by atoms with Crippen molar-refractivity contribution in [1.82, 2.24) is 0 Å². The highest BCUT2D eigenvalue weighted by molar-refractivity contribution is 5.81. The van der Waals surface area contributed by atoms with Crippen molar-refractivity contribution in [2.75, 3.05) is 5.32 Å². The minimum absolute atomic E-state index is 0.135. The van der Waals surface area contributed by atoms with Crippen LogP contribution in [0, 0.1) is 5.92 Å². The molecule has 3 N–H and O–H groups in total. The van der Waals surface area contributed by atoms with E-state index in [1.54, 1.807) is 18.2 Å². The molecule has 0 bridgehead atoms. The molecule has 1 saturated carbocycles. The Morgan fingerprint density at radius 2 is 2.06 bits per heavy atom. The largest absolute Gasteiger partial charge is 0.508 e. The van der Waals surface area contributed by atoms with Crippen molar-refractivity contribution < 1.29 is 15.0 Å². The van der Waals surface area contributed by atoms with Crippen LogP contribution in [0.3, 0.4) is 0 Å². The van der Waals surface area contributed by atoms with E-state index < -0.39 is 11.9 Å². The number of phenolic OH excluding ortho intramolecular Hbond substituents is 1. The molecule has 3 atom stereocenters. The van der Waals surface area contributed by atoms with Gasteiger partial charge >= 0.3 is 5.97 Å². The van der Waals surface area contributed by atoms with Crippen LogP contribution in [0.5, 0.6) is 5.75 Å². The molecule has 0 saturated heterocycles. The first kappa shape index (κ1) is 11.4. The van der Waals surface area contributed by atoms with Crippen molar-refractivity contribution in [2.45, 2.75) is 37.6 Å². The van der Waals surface area contributed by atoms with Gasteiger partial charge in [-0.05, 0) is 42.5 Å². The average Bonchev–Trinajstić information content (AvgIpc) is 2.35. The summed E-state index contributed by atoms with van der Waals surface area (Å²) in [6.45, 7) is 0. The molecule has 4 nitrogen and oxygen atoms in total. The maximum atomic E-state index is 11.6. The second kappa shape index (κ2) is 4.19. The van der Waals surface area contributed by atoms with E-state index in [4.69, 9.17) is 0 Å². The normalized spacial score (nSPS) is 29.9. The highest BCUT2D eigenvalue weighted by Gasteiger charge is 2.41. The second-order valence-corrected chi connectivity index (χ2v) is 5.29. The van der Waals surface area contributed by atoms with Gasteiger partial charge < -0.3 is 15.5 Å². The lowest BCUT2D eigenvalue weighted by molar-refractivity contribution is -0.140. The van der Waals surface area contributed by atoms with Crippen LogP contribution in [0.4, 0.5) is 5.69 Å². The molecule has 1 aliphatic carbocycles. The summed E-state index contributed by atoms with van der Waals surface area (Å²) >= 11 is 0. The number of phenols is 1. The van der Waals surface area contributed by atoms with Gasteiger partial charge in [-0.3, -0.25) is 4.79 Å². The molecule has 1 aliphatic heterocycles. The molecule has 1 aromatic carbocycles. The van der Waals surface area contributed by atoms with Crippen molar-refractivity contribution in [2.24, 2.45) is 5.92 Å². The molecule has 18 heavy (non-hydrogen) atoms. The third-order valence-electron chi connectivity index (χ3n) is 4.22. The molecule has 3 unspecified atom stereocenters. The van der Waals surface area contributed by atoms with E-state index in [-0.39, 0.29) is 17.7 Å². The third kappa shape index (κ3) is 1.72. The first-order valence-corrected chi connectivity index (χ1v) is 6.49. The minimum atomic E-state index is -0.778. The van der Waals surface area contributed by atoms with Gasteiger partial charge in [0.1, 0.15) is 5.75 Å². The van der Waals surface area contributed by atoms with Crippen LogP contribution < -0.4 is 5.32 Å². The molecule has 96 valence electrons. The molecule has 2 aliphatic rings. The summed E-state index contributed by atoms with van der Waals surface area (Å²) in [6, 6.07) is 5.24. The third-order valence-corrected chi connectivity index (χ3v) is 4.22. The van der Waals surface area contributed by atoms with Gasteiger partial charge in [0.25, 0.3) is 0 Å². The predicted molar refractivity (Wildman–Crippen MR) is 67.9 cm³/mol. The summed E-state index contributed by atoms with van der Waals surface area (Å²) in [6.07, 6.45) is 4.24. The Bertz CT molecular complexity index is 486. The Labute approximate surface area is 106 Å².